The van der Waals surface area contributed by atoms with E-state index in [0.717, 1.165) is 31.8 Å². The van der Waals surface area contributed by atoms with Crippen LogP contribution in [0.25, 0.3) is 0 Å². The zero-order valence-corrected chi connectivity index (χ0v) is 13.8. The molecule has 0 spiro atoms. The first kappa shape index (κ1) is 16.9. The van der Waals surface area contributed by atoms with E-state index < -0.39 is 5.60 Å². The summed E-state index contributed by atoms with van der Waals surface area (Å²) in [6.07, 6.45) is 4.33. The van der Waals surface area contributed by atoms with Crippen LogP contribution < -0.4 is 0 Å². The minimum Gasteiger partial charge on any atom is -0.388 e. The summed E-state index contributed by atoms with van der Waals surface area (Å²) >= 11 is 0. The van der Waals surface area contributed by atoms with Crippen LogP contribution >= 0.6 is 0 Å². The summed E-state index contributed by atoms with van der Waals surface area (Å²) in [7, 11) is 3.44. The highest BCUT2D eigenvalue weighted by Gasteiger charge is 2.36. The highest BCUT2D eigenvalue weighted by molar-refractivity contribution is 5.76. The van der Waals surface area contributed by atoms with Crippen molar-refractivity contribution >= 4 is 5.91 Å². The van der Waals surface area contributed by atoms with E-state index in [-0.39, 0.29) is 12.3 Å². The second kappa shape index (κ2) is 7.19. The van der Waals surface area contributed by atoms with E-state index in [1.807, 2.05) is 4.68 Å². The molecule has 2 rings (SSSR count). The summed E-state index contributed by atoms with van der Waals surface area (Å²) in [5.74, 6) is 0.892. The minimum absolute atomic E-state index is 0.0292. The first-order chi connectivity index (χ1) is 10.4. The molecule has 0 aromatic carbocycles. The van der Waals surface area contributed by atoms with Crippen LogP contribution in [0.15, 0.2) is 6.33 Å². The number of amides is 1. The van der Waals surface area contributed by atoms with Gasteiger partial charge in [-0.05, 0) is 25.8 Å². The lowest BCUT2D eigenvalue weighted by atomic mass is 9.89. The van der Waals surface area contributed by atoms with Gasteiger partial charge in [0.2, 0.25) is 5.91 Å². The molecule has 1 aromatic heterocycles. The predicted molar refractivity (Wildman–Crippen MR) is 83.1 cm³/mol. The number of carbonyl (C=O) groups is 1. The smallest absolute Gasteiger partial charge is 0.224 e. The lowest BCUT2D eigenvalue weighted by Gasteiger charge is -2.39. The third kappa shape index (κ3) is 4.27. The van der Waals surface area contributed by atoms with E-state index in [1.165, 1.54) is 4.90 Å². The van der Waals surface area contributed by atoms with Gasteiger partial charge in [0.25, 0.3) is 0 Å². The Hall–Kier alpha value is -1.47. The number of likely N-dealkylation sites (tertiary alicyclic amines) is 1. The molecule has 0 aliphatic carbocycles. The Labute approximate surface area is 131 Å². The fourth-order valence-electron chi connectivity index (χ4n) is 2.93. The zero-order valence-electron chi connectivity index (χ0n) is 13.8. The number of β-amino-alcohol motifs (C(OH)–C–C–N with tert-alkyl or cyclic N) is 1. The summed E-state index contributed by atoms with van der Waals surface area (Å²) in [5.41, 5.74) is -0.935. The van der Waals surface area contributed by atoms with E-state index in [0.29, 0.717) is 19.5 Å². The second-order valence-corrected chi connectivity index (χ2v) is 6.40. The van der Waals surface area contributed by atoms with Gasteiger partial charge in [0.1, 0.15) is 12.2 Å². The van der Waals surface area contributed by atoms with Crippen LogP contribution in [0, 0.1) is 0 Å². The summed E-state index contributed by atoms with van der Waals surface area (Å²) in [6.45, 7) is 5.05. The molecule has 1 aliphatic rings. The van der Waals surface area contributed by atoms with Gasteiger partial charge in [-0.2, -0.15) is 5.10 Å². The monoisotopic (exact) mass is 309 g/mol. The van der Waals surface area contributed by atoms with E-state index >= 15 is 0 Å². The Morgan fingerprint density at radius 1 is 1.50 bits per heavy atom. The van der Waals surface area contributed by atoms with Crippen molar-refractivity contribution in [3.05, 3.63) is 12.2 Å². The summed E-state index contributed by atoms with van der Waals surface area (Å²) in [6, 6.07) is 0. The Balaban J connectivity index is 1.98. The molecule has 1 aromatic rings. The number of aryl methyl sites for hydroxylation is 1. The van der Waals surface area contributed by atoms with Gasteiger partial charge >= 0.3 is 0 Å². The predicted octanol–water partition coefficient (Wildman–Crippen LogP) is 0.493. The van der Waals surface area contributed by atoms with Crippen molar-refractivity contribution in [3.63, 3.8) is 0 Å². The largest absolute Gasteiger partial charge is 0.388 e. The van der Waals surface area contributed by atoms with Crippen molar-refractivity contribution in [1.82, 2.24) is 24.6 Å². The molecular formula is C15H27N5O2. The summed E-state index contributed by atoms with van der Waals surface area (Å²) < 4.78 is 1.92. The van der Waals surface area contributed by atoms with Crippen LogP contribution in [0.3, 0.4) is 0 Å². The number of nitrogens with zero attached hydrogens (tertiary/aromatic N) is 5. The topological polar surface area (TPSA) is 74.5 Å². The van der Waals surface area contributed by atoms with Gasteiger partial charge in [0.05, 0.1) is 18.6 Å². The number of carbonyl (C=O) groups excluding carboxylic acids is 1. The van der Waals surface area contributed by atoms with Crippen molar-refractivity contribution < 1.29 is 9.90 Å². The maximum atomic E-state index is 11.9. The van der Waals surface area contributed by atoms with Crippen molar-refractivity contribution in [2.75, 3.05) is 27.2 Å². The van der Waals surface area contributed by atoms with E-state index in [9.17, 15) is 9.90 Å². The van der Waals surface area contributed by atoms with Crippen LogP contribution in [0.5, 0.6) is 0 Å². The van der Waals surface area contributed by atoms with Gasteiger partial charge in [0, 0.05) is 27.2 Å². The van der Waals surface area contributed by atoms with Crippen molar-refractivity contribution in [2.45, 2.75) is 51.3 Å². The molecular weight excluding hydrogens is 282 g/mol. The number of piperidine rings is 1. The lowest BCUT2D eigenvalue weighted by molar-refractivity contribution is -0.136. The minimum atomic E-state index is -0.935. The third-order valence-corrected chi connectivity index (χ3v) is 4.11. The molecule has 7 nitrogen and oxygen atoms in total. The first-order valence-corrected chi connectivity index (χ1v) is 7.95. The van der Waals surface area contributed by atoms with Crippen molar-refractivity contribution in [1.29, 1.82) is 0 Å². The van der Waals surface area contributed by atoms with E-state index in [1.54, 1.807) is 20.4 Å². The molecule has 0 bridgehead atoms. The van der Waals surface area contributed by atoms with Crippen molar-refractivity contribution in [3.8, 4) is 0 Å². The molecule has 124 valence electrons. The Kier molecular flexibility index (Phi) is 5.52. The Morgan fingerprint density at radius 3 is 2.95 bits per heavy atom. The number of hydrogen-bond donors (Lipinski definition) is 1. The Bertz CT molecular complexity index is 502. The molecule has 1 amide bonds. The van der Waals surface area contributed by atoms with Crippen LogP contribution in [0.4, 0.5) is 0 Å². The standard InChI is InChI=1S/C15H27N5O2/c1-4-7-20-13(16-12-17-20)10-19-8-5-6-15(22,11-19)9-14(21)18(2)3/h12,22H,4-11H2,1-3H3. The third-order valence-electron chi connectivity index (χ3n) is 4.11. The summed E-state index contributed by atoms with van der Waals surface area (Å²) in [4.78, 5) is 19.9. The fraction of sp³-hybridized carbons (Fsp3) is 0.800. The average molecular weight is 309 g/mol. The molecule has 0 radical (unpaired) electrons. The molecule has 1 saturated heterocycles. The van der Waals surface area contributed by atoms with Crippen LogP contribution in [-0.2, 0) is 17.9 Å². The maximum absolute atomic E-state index is 11.9. The molecule has 22 heavy (non-hydrogen) atoms. The second-order valence-electron chi connectivity index (χ2n) is 6.40. The quantitative estimate of drug-likeness (QED) is 0.828. The van der Waals surface area contributed by atoms with E-state index in [4.69, 9.17) is 0 Å². The van der Waals surface area contributed by atoms with Gasteiger partial charge < -0.3 is 10.0 Å². The number of rotatable bonds is 6. The van der Waals surface area contributed by atoms with Crippen molar-refractivity contribution in [2.24, 2.45) is 0 Å². The normalized spacial score (nSPS) is 22.7. The fourth-order valence-corrected chi connectivity index (χ4v) is 2.93. The SMILES string of the molecule is CCCn1ncnc1CN1CCCC(O)(CC(=O)N(C)C)C1. The van der Waals surface area contributed by atoms with Crippen LogP contribution in [-0.4, -0.2) is 68.4 Å². The lowest BCUT2D eigenvalue weighted by Crippen LogP contribution is -2.50. The maximum Gasteiger partial charge on any atom is 0.224 e. The molecule has 1 N–H and O–H groups in total. The molecule has 0 saturated carbocycles. The van der Waals surface area contributed by atoms with Gasteiger partial charge in [-0.25, -0.2) is 9.67 Å². The molecule has 1 aliphatic heterocycles. The van der Waals surface area contributed by atoms with Crippen LogP contribution in [0.2, 0.25) is 0 Å². The number of hydrogen-bond acceptors (Lipinski definition) is 5. The highest BCUT2D eigenvalue weighted by Crippen LogP contribution is 2.26. The van der Waals surface area contributed by atoms with Gasteiger partial charge in [-0.3, -0.25) is 9.69 Å². The molecule has 7 heteroatoms. The number of aromatic nitrogens is 3. The van der Waals surface area contributed by atoms with Gasteiger partial charge in [-0.1, -0.05) is 6.92 Å². The molecule has 1 atom stereocenters. The highest BCUT2D eigenvalue weighted by atomic mass is 16.3. The zero-order chi connectivity index (χ0) is 16.2. The van der Waals surface area contributed by atoms with Gasteiger partial charge in [-0.15, -0.1) is 0 Å². The van der Waals surface area contributed by atoms with Gasteiger partial charge in [0.15, 0.2) is 0 Å². The van der Waals surface area contributed by atoms with Crippen LogP contribution in [0.1, 0.15) is 38.4 Å². The summed E-state index contributed by atoms with van der Waals surface area (Å²) in [5, 5.41) is 15.0. The Morgan fingerprint density at radius 2 is 2.27 bits per heavy atom. The molecule has 1 fully saturated rings. The van der Waals surface area contributed by atoms with E-state index in [2.05, 4.69) is 21.9 Å². The average Bonchev–Trinajstić information content (AvgIpc) is 2.86. The molecule has 1 unspecified atom stereocenters. The first-order valence-electron chi connectivity index (χ1n) is 7.95. The number of aliphatic hydroxyl groups is 1. The molecule has 2 heterocycles.